The second-order valence-electron chi connectivity index (χ2n) is 3.82. The van der Waals surface area contributed by atoms with Crippen LogP contribution in [0, 0.1) is 0 Å². The zero-order valence-electron chi connectivity index (χ0n) is 9.11. The fraction of sp³-hybridized carbons (Fsp3) is 1.00. The van der Waals surface area contributed by atoms with Crippen molar-refractivity contribution in [3.63, 3.8) is 0 Å². The van der Waals surface area contributed by atoms with E-state index in [0.29, 0.717) is 19.6 Å². The van der Waals surface area contributed by atoms with Gasteiger partial charge >= 0.3 is 0 Å². The molecule has 0 radical (unpaired) electrons. The molecule has 0 aromatic heterocycles. The Hall–Kier alpha value is -0.170. The standard InChI is InChI=1S/C9H20N2O3S/c1-2-9(7-10)15(12,13)11-8-3-5-14-6-4-8/h8-9,11H,2-7,10H2,1H3. The van der Waals surface area contributed by atoms with Crippen LogP contribution < -0.4 is 10.5 Å². The van der Waals surface area contributed by atoms with Crippen LogP contribution in [0.3, 0.4) is 0 Å². The first kappa shape index (κ1) is 12.9. The number of ether oxygens (including phenoxy) is 1. The third-order valence-electron chi connectivity index (χ3n) is 2.71. The van der Waals surface area contributed by atoms with Gasteiger partial charge in [0.05, 0.1) is 5.25 Å². The molecule has 0 aliphatic carbocycles. The van der Waals surface area contributed by atoms with E-state index in [-0.39, 0.29) is 12.6 Å². The van der Waals surface area contributed by atoms with E-state index in [0.717, 1.165) is 12.8 Å². The largest absolute Gasteiger partial charge is 0.381 e. The molecule has 1 rings (SSSR count). The lowest BCUT2D eigenvalue weighted by atomic mass is 10.1. The normalized spacial score (nSPS) is 21.5. The molecule has 0 spiro atoms. The molecule has 6 heteroatoms. The van der Waals surface area contributed by atoms with Crippen molar-refractivity contribution in [3.8, 4) is 0 Å². The Balaban J connectivity index is 2.54. The van der Waals surface area contributed by atoms with E-state index in [1.54, 1.807) is 0 Å². The summed E-state index contributed by atoms with van der Waals surface area (Å²) in [6.45, 7) is 3.27. The number of hydrogen-bond acceptors (Lipinski definition) is 4. The molecule has 0 amide bonds. The molecule has 1 saturated heterocycles. The molecule has 1 unspecified atom stereocenters. The molecule has 1 atom stereocenters. The highest BCUT2D eigenvalue weighted by atomic mass is 32.2. The van der Waals surface area contributed by atoms with Crippen molar-refractivity contribution in [2.45, 2.75) is 37.5 Å². The van der Waals surface area contributed by atoms with Gasteiger partial charge in [0, 0.05) is 25.8 Å². The molecule has 15 heavy (non-hydrogen) atoms. The Morgan fingerprint density at radius 1 is 1.47 bits per heavy atom. The van der Waals surface area contributed by atoms with E-state index in [4.69, 9.17) is 10.5 Å². The molecular weight excluding hydrogens is 216 g/mol. The van der Waals surface area contributed by atoms with Crippen LogP contribution >= 0.6 is 0 Å². The Kier molecular flexibility index (Phi) is 4.98. The summed E-state index contributed by atoms with van der Waals surface area (Å²) in [6.07, 6.45) is 2.05. The number of nitrogens with two attached hydrogens (primary N) is 1. The van der Waals surface area contributed by atoms with Gasteiger partial charge in [0.1, 0.15) is 0 Å². The van der Waals surface area contributed by atoms with Crippen molar-refractivity contribution in [1.29, 1.82) is 0 Å². The molecule has 1 aliphatic rings. The minimum Gasteiger partial charge on any atom is -0.381 e. The van der Waals surface area contributed by atoms with Crippen molar-refractivity contribution >= 4 is 10.0 Å². The van der Waals surface area contributed by atoms with Crippen LogP contribution in [0.5, 0.6) is 0 Å². The Morgan fingerprint density at radius 2 is 2.07 bits per heavy atom. The Morgan fingerprint density at radius 3 is 2.53 bits per heavy atom. The second-order valence-corrected chi connectivity index (χ2v) is 5.81. The molecule has 3 N–H and O–H groups in total. The van der Waals surface area contributed by atoms with Crippen molar-refractivity contribution < 1.29 is 13.2 Å². The zero-order valence-corrected chi connectivity index (χ0v) is 9.92. The first-order valence-corrected chi connectivity index (χ1v) is 6.93. The zero-order chi connectivity index (χ0) is 11.3. The predicted molar refractivity (Wildman–Crippen MR) is 59.0 cm³/mol. The number of nitrogens with one attached hydrogen (secondary N) is 1. The van der Waals surface area contributed by atoms with Crippen molar-refractivity contribution in [2.75, 3.05) is 19.8 Å². The Labute approximate surface area is 91.4 Å². The lowest BCUT2D eigenvalue weighted by Gasteiger charge is -2.25. The molecule has 1 aliphatic heterocycles. The highest BCUT2D eigenvalue weighted by molar-refractivity contribution is 7.90. The van der Waals surface area contributed by atoms with E-state index in [1.165, 1.54) is 0 Å². The average Bonchev–Trinajstić information content (AvgIpc) is 2.19. The van der Waals surface area contributed by atoms with Gasteiger partial charge in [0.15, 0.2) is 0 Å². The smallest absolute Gasteiger partial charge is 0.215 e. The third kappa shape index (κ3) is 3.71. The molecule has 1 heterocycles. The van der Waals surface area contributed by atoms with Crippen LogP contribution in [-0.4, -0.2) is 39.5 Å². The fourth-order valence-electron chi connectivity index (χ4n) is 1.66. The fourth-order valence-corrected chi connectivity index (χ4v) is 3.24. The summed E-state index contributed by atoms with van der Waals surface area (Å²) in [5.41, 5.74) is 5.43. The van der Waals surface area contributed by atoms with Gasteiger partial charge < -0.3 is 10.5 Å². The van der Waals surface area contributed by atoms with Gasteiger partial charge in [-0.25, -0.2) is 13.1 Å². The number of hydrogen-bond donors (Lipinski definition) is 2. The second kappa shape index (κ2) is 5.79. The lowest BCUT2D eigenvalue weighted by Crippen LogP contribution is -2.45. The van der Waals surface area contributed by atoms with Crippen LogP contribution in [0.1, 0.15) is 26.2 Å². The first-order chi connectivity index (χ1) is 7.10. The summed E-state index contributed by atoms with van der Waals surface area (Å²) in [4.78, 5) is 0. The summed E-state index contributed by atoms with van der Waals surface area (Å²) in [6, 6.07) is 0.0179. The molecule has 5 nitrogen and oxygen atoms in total. The maximum atomic E-state index is 11.8. The van der Waals surface area contributed by atoms with Gasteiger partial charge in [-0.1, -0.05) is 6.92 Å². The topological polar surface area (TPSA) is 81.4 Å². The van der Waals surface area contributed by atoms with Crippen LogP contribution in [0.2, 0.25) is 0 Å². The number of rotatable bonds is 5. The van der Waals surface area contributed by atoms with Gasteiger partial charge in [-0.2, -0.15) is 0 Å². The molecule has 0 aromatic rings. The van der Waals surface area contributed by atoms with Gasteiger partial charge in [-0.3, -0.25) is 0 Å². The van der Waals surface area contributed by atoms with E-state index in [2.05, 4.69) is 4.72 Å². The lowest BCUT2D eigenvalue weighted by molar-refractivity contribution is 0.0831. The van der Waals surface area contributed by atoms with Crippen LogP contribution in [0.4, 0.5) is 0 Å². The van der Waals surface area contributed by atoms with E-state index < -0.39 is 15.3 Å². The van der Waals surface area contributed by atoms with E-state index in [9.17, 15) is 8.42 Å². The first-order valence-electron chi connectivity index (χ1n) is 5.39. The summed E-state index contributed by atoms with van der Waals surface area (Å²) in [5.74, 6) is 0. The molecule has 0 bridgehead atoms. The SMILES string of the molecule is CCC(CN)S(=O)(=O)NC1CCOCC1. The van der Waals surface area contributed by atoms with Gasteiger partial charge in [-0.05, 0) is 19.3 Å². The Bertz CT molecular complexity index is 269. The van der Waals surface area contributed by atoms with Crippen molar-refractivity contribution in [3.05, 3.63) is 0 Å². The van der Waals surface area contributed by atoms with Crippen molar-refractivity contribution in [1.82, 2.24) is 4.72 Å². The highest BCUT2D eigenvalue weighted by Gasteiger charge is 2.26. The molecule has 0 saturated carbocycles. The van der Waals surface area contributed by atoms with E-state index >= 15 is 0 Å². The quantitative estimate of drug-likeness (QED) is 0.694. The van der Waals surface area contributed by atoms with Crippen LogP contribution in [-0.2, 0) is 14.8 Å². The van der Waals surface area contributed by atoms with Crippen LogP contribution in [0.25, 0.3) is 0 Å². The average molecular weight is 236 g/mol. The van der Waals surface area contributed by atoms with Gasteiger partial charge in [-0.15, -0.1) is 0 Å². The minimum absolute atomic E-state index is 0.0179. The molecule has 90 valence electrons. The maximum absolute atomic E-state index is 11.8. The molecule has 1 fully saturated rings. The van der Waals surface area contributed by atoms with Crippen molar-refractivity contribution in [2.24, 2.45) is 5.73 Å². The van der Waals surface area contributed by atoms with Gasteiger partial charge in [0.25, 0.3) is 0 Å². The van der Waals surface area contributed by atoms with Crippen LogP contribution in [0.15, 0.2) is 0 Å². The minimum atomic E-state index is -3.25. The summed E-state index contributed by atoms with van der Waals surface area (Å²) in [5, 5.41) is -0.472. The maximum Gasteiger partial charge on any atom is 0.215 e. The summed E-state index contributed by atoms with van der Waals surface area (Å²) >= 11 is 0. The third-order valence-corrected chi connectivity index (χ3v) is 4.77. The predicted octanol–water partition coefficient (Wildman–Crippen LogP) is -0.178. The summed E-state index contributed by atoms with van der Waals surface area (Å²) < 4.78 is 31.5. The summed E-state index contributed by atoms with van der Waals surface area (Å²) in [7, 11) is -3.25. The number of sulfonamides is 1. The van der Waals surface area contributed by atoms with Gasteiger partial charge in [0.2, 0.25) is 10.0 Å². The highest BCUT2D eigenvalue weighted by Crippen LogP contribution is 2.10. The molecule has 0 aromatic carbocycles. The molecular formula is C9H20N2O3S. The van der Waals surface area contributed by atoms with E-state index in [1.807, 2.05) is 6.92 Å². The monoisotopic (exact) mass is 236 g/mol.